The van der Waals surface area contributed by atoms with Crippen LogP contribution in [0.4, 0.5) is 22.0 Å². The standard InChI is InChI=1S/C25H25F5N2O3/c1-14-4-5-15(12-18(14)25(28,29)30)22-20(35-16-8-10-34-11-9-16)7-6-17(23(22)33)19-13-21(24(2,26)27)31-32(19)3/h4-7,12-13,16,33H,8-11H2,1-3H3. The normalized spacial score (nSPS) is 15.4. The van der Waals surface area contributed by atoms with E-state index in [1.165, 1.54) is 42.9 Å². The van der Waals surface area contributed by atoms with Crippen molar-refractivity contribution < 1.29 is 36.5 Å². The largest absolute Gasteiger partial charge is 0.506 e. The van der Waals surface area contributed by atoms with Gasteiger partial charge in [0, 0.05) is 32.4 Å². The molecule has 1 saturated heterocycles. The van der Waals surface area contributed by atoms with Crippen molar-refractivity contribution in [3.8, 4) is 33.9 Å². The molecule has 1 aliphatic rings. The molecule has 1 aromatic heterocycles. The summed E-state index contributed by atoms with van der Waals surface area (Å²) < 4.78 is 81.2. The number of aromatic nitrogens is 2. The van der Waals surface area contributed by atoms with Gasteiger partial charge in [0.25, 0.3) is 5.92 Å². The van der Waals surface area contributed by atoms with E-state index < -0.39 is 23.4 Å². The number of aryl methyl sites for hydroxylation is 2. The van der Waals surface area contributed by atoms with Gasteiger partial charge in [-0.25, -0.2) is 0 Å². The molecule has 4 rings (SSSR count). The first-order chi connectivity index (χ1) is 16.4. The Kier molecular flexibility index (Phi) is 6.52. The van der Waals surface area contributed by atoms with Crippen LogP contribution in [0, 0.1) is 6.92 Å². The van der Waals surface area contributed by atoms with E-state index in [1.54, 1.807) is 0 Å². The lowest BCUT2D eigenvalue weighted by Gasteiger charge is -2.25. The Labute approximate surface area is 199 Å². The molecule has 188 valence electrons. The molecule has 3 aromatic rings. The van der Waals surface area contributed by atoms with Crippen molar-refractivity contribution in [1.29, 1.82) is 0 Å². The first-order valence-electron chi connectivity index (χ1n) is 11.1. The highest BCUT2D eigenvalue weighted by atomic mass is 19.4. The fourth-order valence-corrected chi connectivity index (χ4v) is 4.15. The molecule has 0 spiro atoms. The number of phenols is 1. The van der Waals surface area contributed by atoms with Crippen molar-refractivity contribution in [1.82, 2.24) is 9.78 Å². The average Bonchev–Trinajstić information content (AvgIpc) is 3.17. The van der Waals surface area contributed by atoms with Crippen molar-refractivity contribution in [3.63, 3.8) is 0 Å². The zero-order valence-electron chi connectivity index (χ0n) is 19.4. The number of rotatable bonds is 5. The summed E-state index contributed by atoms with van der Waals surface area (Å²) in [5.74, 6) is -3.40. The molecular weight excluding hydrogens is 471 g/mol. The molecule has 1 aliphatic heterocycles. The Morgan fingerprint density at radius 3 is 2.34 bits per heavy atom. The van der Waals surface area contributed by atoms with Crippen LogP contribution in [0.1, 0.15) is 36.6 Å². The van der Waals surface area contributed by atoms with Gasteiger partial charge < -0.3 is 14.6 Å². The van der Waals surface area contributed by atoms with Crippen molar-refractivity contribution in [2.75, 3.05) is 13.2 Å². The van der Waals surface area contributed by atoms with Crippen LogP contribution in [0.25, 0.3) is 22.4 Å². The molecule has 2 aromatic carbocycles. The number of nitrogens with zero attached hydrogens (tertiary/aromatic N) is 2. The van der Waals surface area contributed by atoms with E-state index in [0.717, 1.165) is 12.1 Å². The van der Waals surface area contributed by atoms with Gasteiger partial charge in [-0.05, 0) is 42.3 Å². The lowest BCUT2D eigenvalue weighted by Crippen LogP contribution is -2.26. The molecule has 1 fully saturated rings. The van der Waals surface area contributed by atoms with Gasteiger partial charge in [0.1, 0.15) is 23.3 Å². The number of hydrogen-bond acceptors (Lipinski definition) is 4. The molecule has 5 nitrogen and oxygen atoms in total. The zero-order valence-corrected chi connectivity index (χ0v) is 19.4. The Morgan fingerprint density at radius 2 is 1.74 bits per heavy atom. The van der Waals surface area contributed by atoms with Gasteiger partial charge in [-0.1, -0.05) is 12.1 Å². The minimum atomic E-state index is -4.60. The second kappa shape index (κ2) is 9.14. The van der Waals surface area contributed by atoms with E-state index in [9.17, 15) is 27.1 Å². The summed E-state index contributed by atoms with van der Waals surface area (Å²) in [6.07, 6.45) is -3.68. The number of halogens is 5. The predicted molar refractivity (Wildman–Crippen MR) is 120 cm³/mol. The Balaban J connectivity index is 1.89. The van der Waals surface area contributed by atoms with Crippen molar-refractivity contribution in [3.05, 3.63) is 53.2 Å². The summed E-state index contributed by atoms with van der Waals surface area (Å²) in [6.45, 7) is 3.02. The van der Waals surface area contributed by atoms with Crippen LogP contribution in [0.5, 0.6) is 11.5 Å². The van der Waals surface area contributed by atoms with Crippen LogP contribution < -0.4 is 4.74 Å². The highest BCUT2D eigenvalue weighted by molar-refractivity contribution is 5.85. The maximum absolute atomic E-state index is 13.9. The third-order valence-electron chi connectivity index (χ3n) is 6.04. The van der Waals surface area contributed by atoms with E-state index >= 15 is 0 Å². The minimum absolute atomic E-state index is 0.0326. The number of phenolic OH excluding ortho intramolecular Hbond substituents is 1. The second-order valence-corrected chi connectivity index (χ2v) is 8.72. The molecule has 0 radical (unpaired) electrons. The molecule has 0 atom stereocenters. The number of hydrogen-bond donors (Lipinski definition) is 1. The van der Waals surface area contributed by atoms with Crippen LogP contribution in [-0.2, 0) is 23.9 Å². The molecule has 0 saturated carbocycles. The third-order valence-corrected chi connectivity index (χ3v) is 6.04. The number of ether oxygens (including phenoxy) is 2. The monoisotopic (exact) mass is 496 g/mol. The fraction of sp³-hybridized carbons (Fsp3) is 0.400. The second-order valence-electron chi connectivity index (χ2n) is 8.72. The Bertz CT molecular complexity index is 1230. The van der Waals surface area contributed by atoms with E-state index in [4.69, 9.17) is 9.47 Å². The summed E-state index contributed by atoms with van der Waals surface area (Å²) in [5.41, 5.74) is -0.846. The van der Waals surface area contributed by atoms with Gasteiger partial charge in [-0.2, -0.15) is 27.1 Å². The maximum Gasteiger partial charge on any atom is 0.416 e. The summed E-state index contributed by atoms with van der Waals surface area (Å²) in [5, 5.41) is 15.1. The number of benzene rings is 2. The molecule has 35 heavy (non-hydrogen) atoms. The van der Waals surface area contributed by atoms with Crippen LogP contribution in [-0.4, -0.2) is 34.2 Å². The number of aromatic hydroxyl groups is 1. The quantitative estimate of drug-likeness (QED) is 0.412. The minimum Gasteiger partial charge on any atom is -0.506 e. The van der Waals surface area contributed by atoms with Crippen molar-refractivity contribution in [2.24, 2.45) is 7.05 Å². The van der Waals surface area contributed by atoms with Crippen molar-refractivity contribution >= 4 is 0 Å². The lowest BCUT2D eigenvalue weighted by atomic mass is 9.95. The van der Waals surface area contributed by atoms with Gasteiger partial charge in [0.15, 0.2) is 0 Å². The van der Waals surface area contributed by atoms with Crippen LogP contribution in [0.2, 0.25) is 0 Å². The summed E-state index contributed by atoms with van der Waals surface area (Å²) >= 11 is 0. The summed E-state index contributed by atoms with van der Waals surface area (Å²) in [7, 11) is 1.45. The summed E-state index contributed by atoms with van der Waals surface area (Å²) in [4.78, 5) is 0. The highest BCUT2D eigenvalue weighted by Crippen LogP contribution is 2.46. The molecule has 0 aliphatic carbocycles. The molecule has 10 heteroatoms. The lowest BCUT2D eigenvalue weighted by molar-refractivity contribution is -0.138. The molecule has 0 amide bonds. The topological polar surface area (TPSA) is 56.5 Å². The van der Waals surface area contributed by atoms with E-state index in [0.29, 0.717) is 33.0 Å². The molecule has 0 unspecified atom stereocenters. The maximum atomic E-state index is 13.9. The van der Waals surface area contributed by atoms with E-state index in [1.807, 2.05) is 0 Å². The molecule has 0 bridgehead atoms. The molecule has 2 heterocycles. The van der Waals surface area contributed by atoms with Gasteiger partial charge in [0.2, 0.25) is 0 Å². The fourth-order valence-electron chi connectivity index (χ4n) is 4.15. The molecular formula is C25H25F5N2O3. The van der Waals surface area contributed by atoms with E-state index in [2.05, 4.69) is 5.10 Å². The number of alkyl halides is 5. The Hall–Kier alpha value is -3.14. The SMILES string of the molecule is Cc1ccc(-c2c(OC3CCOCC3)ccc(-c3cc(C(C)(F)F)nn3C)c2O)cc1C(F)(F)F. The van der Waals surface area contributed by atoms with Gasteiger partial charge >= 0.3 is 6.18 Å². The van der Waals surface area contributed by atoms with E-state index in [-0.39, 0.29) is 45.6 Å². The smallest absolute Gasteiger partial charge is 0.416 e. The third kappa shape index (κ3) is 5.12. The first-order valence-corrected chi connectivity index (χ1v) is 11.1. The van der Waals surface area contributed by atoms with Gasteiger partial charge in [0.05, 0.1) is 30.0 Å². The van der Waals surface area contributed by atoms with Gasteiger partial charge in [-0.3, -0.25) is 4.68 Å². The average molecular weight is 496 g/mol. The first kappa shape index (κ1) is 25.0. The van der Waals surface area contributed by atoms with Crippen molar-refractivity contribution in [2.45, 2.75) is 44.9 Å². The summed E-state index contributed by atoms with van der Waals surface area (Å²) in [6, 6.07) is 7.91. The van der Waals surface area contributed by atoms with Crippen LogP contribution >= 0.6 is 0 Å². The predicted octanol–water partition coefficient (Wildman–Crippen LogP) is 6.46. The highest BCUT2D eigenvalue weighted by Gasteiger charge is 2.34. The molecule has 1 N–H and O–H groups in total. The van der Waals surface area contributed by atoms with Crippen LogP contribution in [0.3, 0.4) is 0 Å². The Morgan fingerprint density at radius 1 is 1.06 bits per heavy atom. The van der Waals surface area contributed by atoms with Gasteiger partial charge in [-0.15, -0.1) is 0 Å². The van der Waals surface area contributed by atoms with Crippen LogP contribution in [0.15, 0.2) is 36.4 Å². The zero-order chi connectivity index (χ0) is 25.5.